The van der Waals surface area contributed by atoms with Gasteiger partial charge < -0.3 is 46.3 Å². The second kappa shape index (κ2) is 18.6. The van der Waals surface area contributed by atoms with Crippen LogP contribution in [0.25, 0.3) is 11.2 Å². The second-order valence-corrected chi connectivity index (χ2v) is 17.2. The summed E-state index contributed by atoms with van der Waals surface area (Å²) in [6.45, 7) is 15.5. The van der Waals surface area contributed by atoms with Gasteiger partial charge in [0, 0.05) is 31.1 Å². The van der Waals surface area contributed by atoms with Gasteiger partial charge in [-0.05, 0) is 111 Å². The van der Waals surface area contributed by atoms with Gasteiger partial charge >= 0.3 is 17.9 Å². The molecule has 322 valence electrons. The Morgan fingerprint density at radius 3 is 2.05 bits per heavy atom. The number of nitrogen functional groups attached to an aromatic ring is 2. The van der Waals surface area contributed by atoms with E-state index in [4.69, 9.17) is 25.7 Å². The molecule has 2 heterocycles. The molecule has 0 aliphatic carbocycles. The van der Waals surface area contributed by atoms with E-state index in [1.807, 2.05) is 11.9 Å². The van der Waals surface area contributed by atoms with E-state index in [-0.39, 0.29) is 53.6 Å². The SMILES string of the molecule is CN(Cc1cnc2nc(N)nc(N)c2n1)c1ccc(C(=O)N[C@@H](CCC(=O)OC(C)(C)C)C(=O)N[C@@H](Cc2ccc(O)c(C(=O)OC(C)(C)C)c2)C(=O)OC(C)(C)C)cc1. The zero-order chi connectivity index (χ0) is 44.7. The van der Waals surface area contributed by atoms with Crippen molar-refractivity contribution < 1.29 is 43.3 Å². The first-order chi connectivity index (χ1) is 27.8. The minimum atomic E-state index is -1.32. The number of phenolic OH excluding ortho intramolecular Hbond substituents is 1. The summed E-state index contributed by atoms with van der Waals surface area (Å²) in [6, 6.07) is 8.07. The van der Waals surface area contributed by atoms with Crippen LogP contribution in [0.2, 0.25) is 0 Å². The van der Waals surface area contributed by atoms with E-state index in [1.165, 1.54) is 18.2 Å². The molecular weight excluding hydrogens is 775 g/mol. The Labute approximate surface area is 348 Å². The van der Waals surface area contributed by atoms with Crippen molar-refractivity contribution in [1.29, 1.82) is 0 Å². The van der Waals surface area contributed by atoms with Crippen LogP contribution in [0.3, 0.4) is 0 Å². The molecule has 2 amide bonds. The van der Waals surface area contributed by atoms with Gasteiger partial charge in [0.15, 0.2) is 17.0 Å². The monoisotopic (exact) mass is 829 g/mol. The van der Waals surface area contributed by atoms with Crippen LogP contribution in [0.4, 0.5) is 17.5 Å². The summed E-state index contributed by atoms with van der Waals surface area (Å²) >= 11 is 0. The van der Waals surface area contributed by atoms with Crippen LogP contribution in [-0.4, -0.2) is 90.7 Å². The maximum absolute atomic E-state index is 14.1. The summed E-state index contributed by atoms with van der Waals surface area (Å²) < 4.78 is 16.5. The number of hydrogen-bond acceptors (Lipinski definition) is 16. The summed E-state index contributed by atoms with van der Waals surface area (Å²) in [5.74, 6) is -3.82. The van der Waals surface area contributed by atoms with Crippen LogP contribution in [0.5, 0.6) is 5.75 Å². The van der Waals surface area contributed by atoms with Gasteiger partial charge in [-0.15, -0.1) is 0 Å². The summed E-state index contributed by atoms with van der Waals surface area (Å²) in [6.07, 6.45) is 0.967. The van der Waals surface area contributed by atoms with Crippen LogP contribution < -0.4 is 27.0 Å². The third-order valence-electron chi connectivity index (χ3n) is 8.28. The normalized spacial score (nSPS) is 12.8. The van der Waals surface area contributed by atoms with Gasteiger partial charge in [-0.25, -0.2) is 19.6 Å². The van der Waals surface area contributed by atoms with E-state index in [0.29, 0.717) is 23.3 Å². The average Bonchev–Trinajstić information content (AvgIpc) is 3.11. The number of esters is 3. The van der Waals surface area contributed by atoms with Gasteiger partial charge in [-0.1, -0.05) is 6.07 Å². The Balaban J connectivity index is 1.56. The largest absolute Gasteiger partial charge is 0.507 e. The summed E-state index contributed by atoms with van der Waals surface area (Å²) in [4.78, 5) is 85.7. The average molecular weight is 830 g/mol. The zero-order valence-corrected chi connectivity index (χ0v) is 35.7. The predicted molar refractivity (Wildman–Crippen MR) is 224 cm³/mol. The van der Waals surface area contributed by atoms with Gasteiger partial charge in [0.05, 0.1) is 18.4 Å². The fourth-order valence-corrected chi connectivity index (χ4v) is 5.71. The number of benzene rings is 2. The molecule has 4 aromatic rings. The van der Waals surface area contributed by atoms with Crippen LogP contribution in [0, 0.1) is 0 Å². The lowest BCUT2D eigenvalue weighted by atomic mass is 10.0. The van der Waals surface area contributed by atoms with Crippen LogP contribution in [-0.2, 0) is 41.6 Å². The number of rotatable bonds is 14. The smallest absolute Gasteiger partial charge is 0.342 e. The number of phenols is 1. The first-order valence-electron chi connectivity index (χ1n) is 19.2. The number of carbonyl (C=O) groups is 5. The molecule has 60 heavy (non-hydrogen) atoms. The predicted octanol–water partition coefficient (Wildman–Crippen LogP) is 4.17. The van der Waals surface area contributed by atoms with Crippen molar-refractivity contribution in [2.75, 3.05) is 23.4 Å². The van der Waals surface area contributed by atoms with Gasteiger partial charge in [0.1, 0.15) is 40.2 Å². The molecule has 0 aliphatic heterocycles. The molecular formula is C42H55N9O9. The van der Waals surface area contributed by atoms with Crippen LogP contribution in [0.1, 0.15) is 107 Å². The highest BCUT2D eigenvalue weighted by molar-refractivity contribution is 5.98. The number of ether oxygens (including phenoxy) is 3. The molecule has 0 saturated heterocycles. The number of amides is 2. The number of anilines is 3. The van der Waals surface area contributed by atoms with Crippen molar-refractivity contribution in [2.45, 2.75) is 117 Å². The summed E-state index contributed by atoms with van der Waals surface area (Å²) in [5, 5.41) is 15.9. The van der Waals surface area contributed by atoms with Gasteiger partial charge in [0.25, 0.3) is 5.91 Å². The number of nitrogens with two attached hydrogens (primary N) is 2. The van der Waals surface area contributed by atoms with Gasteiger partial charge in [-0.3, -0.25) is 14.4 Å². The number of nitrogens with one attached hydrogen (secondary N) is 2. The third kappa shape index (κ3) is 13.8. The quantitative estimate of drug-likeness (QED) is 0.0882. The first kappa shape index (κ1) is 46.1. The van der Waals surface area contributed by atoms with Gasteiger partial charge in [-0.2, -0.15) is 9.97 Å². The molecule has 4 rings (SSSR count). The molecule has 0 spiro atoms. The summed E-state index contributed by atoms with van der Waals surface area (Å²) in [7, 11) is 1.82. The lowest BCUT2D eigenvalue weighted by Gasteiger charge is -2.27. The molecule has 2 aromatic heterocycles. The van der Waals surface area contributed by atoms with E-state index in [0.717, 1.165) is 5.69 Å². The van der Waals surface area contributed by atoms with E-state index < -0.39 is 58.6 Å². The van der Waals surface area contributed by atoms with Crippen molar-refractivity contribution in [1.82, 2.24) is 30.6 Å². The molecule has 0 fully saturated rings. The van der Waals surface area contributed by atoms with E-state index in [1.54, 1.807) is 92.8 Å². The molecule has 0 aliphatic rings. The molecule has 0 unspecified atom stereocenters. The van der Waals surface area contributed by atoms with Crippen molar-refractivity contribution in [2.24, 2.45) is 0 Å². The first-order valence-corrected chi connectivity index (χ1v) is 19.2. The van der Waals surface area contributed by atoms with Crippen molar-refractivity contribution in [3.63, 3.8) is 0 Å². The maximum Gasteiger partial charge on any atom is 0.342 e. The zero-order valence-electron chi connectivity index (χ0n) is 35.7. The Hall–Kier alpha value is -6.59. The molecule has 2 aromatic carbocycles. The Kier molecular flexibility index (Phi) is 14.3. The maximum atomic E-state index is 14.1. The molecule has 18 nitrogen and oxygen atoms in total. The second-order valence-electron chi connectivity index (χ2n) is 17.2. The fourth-order valence-electron chi connectivity index (χ4n) is 5.71. The highest BCUT2D eigenvalue weighted by Gasteiger charge is 2.32. The third-order valence-corrected chi connectivity index (χ3v) is 8.28. The number of nitrogens with zero attached hydrogens (tertiary/aromatic N) is 5. The Morgan fingerprint density at radius 1 is 0.800 bits per heavy atom. The Morgan fingerprint density at radius 2 is 1.43 bits per heavy atom. The van der Waals surface area contributed by atoms with Crippen LogP contribution >= 0.6 is 0 Å². The molecule has 0 bridgehead atoms. The van der Waals surface area contributed by atoms with Crippen molar-refractivity contribution in [3.05, 3.63) is 71.0 Å². The highest BCUT2D eigenvalue weighted by Crippen LogP contribution is 2.24. The standard InChI is InChI=1S/C42H55N9O9/c1-40(2,3)58-31(53)18-16-28(36(55)48-29(38(57)60-42(7,8)9)20-23-11-17-30(52)27(19-23)37(56)59-41(4,5)6)47-35(54)24-12-14-26(15-13-24)51(10)22-25-21-45-34-32(46-25)33(43)49-39(44)50-34/h11-15,17,19,21,28-29,52H,16,18,20,22H2,1-10H3,(H,47,54)(H,48,55)(H4,43,44,45,49,50)/t28-,29-/m0/s1. The number of fused-ring (bicyclic) bond motifs is 1. The van der Waals surface area contributed by atoms with E-state index in [2.05, 4.69) is 30.6 Å². The number of aromatic nitrogens is 4. The molecule has 7 N–H and O–H groups in total. The minimum Gasteiger partial charge on any atom is -0.507 e. The van der Waals surface area contributed by atoms with Gasteiger partial charge in [0.2, 0.25) is 11.9 Å². The lowest BCUT2D eigenvalue weighted by molar-refractivity contribution is -0.159. The minimum absolute atomic E-state index is 0.00896. The molecule has 0 radical (unpaired) electrons. The molecule has 2 atom stereocenters. The topological polar surface area (TPSA) is 264 Å². The number of hydrogen-bond donors (Lipinski definition) is 5. The van der Waals surface area contributed by atoms with Crippen LogP contribution in [0.15, 0.2) is 48.7 Å². The van der Waals surface area contributed by atoms with Crippen molar-refractivity contribution in [3.8, 4) is 5.75 Å². The van der Waals surface area contributed by atoms with E-state index >= 15 is 0 Å². The fraction of sp³-hybridized carbons (Fsp3) is 0.452. The number of aromatic hydroxyl groups is 1. The number of carbonyl (C=O) groups excluding carboxylic acids is 5. The lowest BCUT2D eigenvalue weighted by Crippen LogP contribution is -2.53. The molecule has 0 saturated carbocycles. The van der Waals surface area contributed by atoms with E-state index in [9.17, 15) is 29.1 Å². The molecule has 18 heteroatoms. The van der Waals surface area contributed by atoms with Crippen molar-refractivity contribution >= 4 is 58.3 Å². The highest BCUT2D eigenvalue weighted by atomic mass is 16.6. The summed E-state index contributed by atoms with van der Waals surface area (Å²) in [5.41, 5.74) is 11.4. The Bertz CT molecular complexity index is 2230.